The lowest BCUT2D eigenvalue weighted by atomic mass is 10.0. The van der Waals surface area contributed by atoms with Crippen molar-refractivity contribution >= 4 is 17.9 Å². The van der Waals surface area contributed by atoms with E-state index in [0.717, 1.165) is 12.1 Å². The molecule has 1 aliphatic rings. The zero-order chi connectivity index (χ0) is 20.8. The molecule has 1 aromatic carbocycles. The van der Waals surface area contributed by atoms with Crippen molar-refractivity contribution in [3.63, 3.8) is 0 Å². The van der Waals surface area contributed by atoms with Gasteiger partial charge in [0.05, 0.1) is 6.61 Å². The van der Waals surface area contributed by atoms with Gasteiger partial charge in [0.25, 0.3) is 5.91 Å². The van der Waals surface area contributed by atoms with Gasteiger partial charge in [-0.15, -0.1) is 0 Å². The van der Waals surface area contributed by atoms with Gasteiger partial charge in [0, 0.05) is 31.7 Å². The fourth-order valence-electron chi connectivity index (χ4n) is 2.95. The smallest absolute Gasteiger partial charge is 0.407 e. The summed E-state index contributed by atoms with van der Waals surface area (Å²) in [5.74, 6) is -2.90. The highest BCUT2D eigenvalue weighted by atomic mass is 19.2. The fraction of sp³-hybridized carbons (Fsp3) is 0.526. The number of piperazine rings is 1. The Bertz CT molecular complexity index is 734. The van der Waals surface area contributed by atoms with Crippen molar-refractivity contribution in [3.8, 4) is 0 Å². The minimum absolute atomic E-state index is 0.0581. The van der Waals surface area contributed by atoms with E-state index in [9.17, 15) is 23.2 Å². The van der Waals surface area contributed by atoms with Gasteiger partial charge in [0.15, 0.2) is 11.6 Å². The van der Waals surface area contributed by atoms with Crippen LogP contribution in [0.3, 0.4) is 0 Å². The molecule has 7 nitrogen and oxygen atoms in total. The predicted molar refractivity (Wildman–Crippen MR) is 97.6 cm³/mol. The molecule has 1 N–H and O–H groups in total. The van der Waals surface area contributed by atoms with Crippen LogP contribution in [0.4, 0.5) is 13.6 Å². The summed E-state index contributed by atoms with van der Waals surface area (Å²) in [5, 5.41) is 2.58. The van der Waals surface area contributed by atoms with Gasteiger partial charge in [-0.1, -0.05) is 13.8 Å². The summed E-state index contributed by atoms with van der Waals surface area (Å²) in [6, 6.07) is 2.28. The van der Waals surface area contributed by atoms with Crippen molar-refractivity contribution in [3.05, 3.63) is 35.4 Å². The molecule has 0 bridgehead atoms. The first-order valence-corrected chi connectivity index (χ1v) is 9.21. The molecule has 1 aromatic rings. The van der Waals surface area contributed by atoms with Gasteiger partial charge in [0.1, 0.15) is 6.04 Å². The summed E-state index contributed by atoms with van der Waals surface area (Å²) < 4.78 is 31.2. The number of benzene rings is 1. The predicted octanol–water partition coefficient (Wildman–Crippen LogP) is 2.02. The van der Waals surface area contributed by atoms with Gasteiger partial charge in [-0.25, -0.2) is 13.6 Å². The number of alkyl carbamates (subject to hydrolysis) is 1. The van der Waals surface area contributed by atoms with Gasteiger partial charge in [0.2, 0.25) is 5.91 Å². The summed E-state index contributed by atoms with van der Waals surface area (Å²) in [5.41, 5.74) is 0.0581. The molecule has 9 heteroatoms. The molecule has 154 valence electrons. The first-order chi connectivity index (χ1) is 13.2. The quantitative estimate of drug-likeness (QED) is 0.825. The van der Waals surface area contributed by atoms with Crippen LogP contribution in [0.2, 0.25) is 0 Å². The van der Waals surface area contributed by atoms with Crippen molar-refractivity contribution in [1.29, 1.82) is 0 Å². The molecular formula is C19H25F2N3O4. The van der Waals surface area contributed by atoms with Crippen LogP contribution in [0.1, 0.15) is 31.1 Å². The molecule has 0 radical (unpaired) electrons. The van der Waals surface area contributed by atoms with Crippen LogP contribution in [-0.4, -0.2) is 66.5 Å². The molecular weight excluding hydrogens is 372 g/mol. The number of halogens is 2. The number of amides is 3. The summed E-state index contributed by atoms with van der Waals surface area (Å²) in [6.07, 6.45) is -0.651. The van der Waals surface area contributed by atoms with E-state index in [1.807, 2.05) is 13.8 Å². The molecule has 1 saturated heterocycles. The van der Waals surface area contributed by atoms with Gasteiger partial charge < -0.3 is 19.9 Å². The molecule has 1 fully saturated rings. The third-order valence-electron chi connectivity index (χ3n) is 4.53. The number of hydrogen-bond donors (Lipinski definition) is 1. The van der Waals surface area contributed by atoms with E-state index >= 15 is 0 Å². The molecule has 1 aliphatic heterocycles. The van der Waals surface area contributed by atoms with Crippen molar-refractivity contribution in [2.45, 2.75) is 26.8 Å². The molecule has 0 spiro atoms. The lowest BCUT2D eigenvalue weighted by Crippen LogP contribution is -2.57. The van der Waals surface area contributed by atoms with E-state index in [1.165, 1.54) is 11.0 Å². The Hall–Kier alpha value is -2.71. The molecule has 0 aliphatic carbocycles. The van der Waals surface area contributed by atoms with Crippen LogP contribution in [0, 0.1) is 17.6 Å². The minimum atomic E-state index is -1.08. The maximum Gasteiger partial charge on any atom is 0.407 e. The van der Waals surface area contributed by atoms with Crippen LogP contribution in [0.25, 0.3) is 0 Å². The maximum atomic E-state index is 13.4. The second kappa shape index (κ2) is 9.48. The normalized spacial score (nSPS) is 15.4. The summed E-state index contributed by atoms with van der Waals surface area (Å²) in [4.78, 5) is 40.0. The van der Waals surface area contributed by atoms with E-state index in [1.54, 1.807) is 11.8 Å². The third kappa shape index (κ3) is 5.17. The highest BCUT2D eigenvalue weighted by molar-refractivity contribution is 5.94. The van der Waals surface area contributed by atoms with E-state index in [-0.39, 0.29) is 50.2 Å². The summed E-state index contributed by atoms with van der Waals surface area (Å²) in [6.45, 7) is 6.59. The summed E-state index contributed by atoms with van der Waals surface area (Å²) in [7, 11) is 0. The Kier molecular flexibility index (Phi) is 7.31. The number of nitrogens with zero attached hydrogens (tertiary/aromatic N) is 2. The molecule has 1 heterocycles. The molecule has 2 rings (SSSR count). The van der Waals surface area contributed by atoms with E-state index < -0.39 is 29.7 Å². The van der Waals surface area contributed by atoms with Crippen LogP contribution in [0.5, 0.6) is 0 Å². The van der Waals surface area contributed by atoms with Crippen molar-refractivity contribution in [2.24, 2.45) is 5.92 Å². The average molecular weight is 397 g/mol. The van der Waals surface area contributed by atoms with Gasteiger partial charge in [-0.3, -0.25) is 9.59 Å². The van der Waals surface area contributed by atoms with Crippen LogP contribution in [0.15, 0.2) is 18.2 Å². The molecule has 0 saturated carbocycles. The lowest BCUT2D eigenvalue weighted by Gasteiger charge is -2.37. The lowest BCUT2D eigenvalue weighted by molar-refractivity contribution is -0.135. The zero-order valence-electron chi connectivity index (χ0n) is 16.2. The maximum absolute atomic E-state index is 13.4. The van der Waals surface area contributed by atoms with Crippen LogP contribution in [-0.2, 0) is 9.53 Å². The third-order valence-corrected chi connectivity index (χ3v) is 4.53. The summed E-state index contributed by atoms with van der Waals surface area (Å²) >= 11 is 0. The molecule has 28 heavy (non-hydrogen) atoms. The second-order valence-electron chi connectivity index (χ2n) is 6.83. The molecule has 3 amide bonds. The number of carbonyl (C=O) groups is 3. The SMILES string of the molecule is CCOC(=O)NC(C(=O)N1CCN(C(=O)c2ccc(F)c(F)c2)CC1)C(C)C. The monoisotopic (exact) mass is 397 g/mol. The van der Waals surface area contributed by atoms with E-state index in [4.69, 9.17) is 4.74 Å². The first-order valence-electron chi connectivity index (χ1n) is 9.21. The zero-order valence-corrected chi connectivity index (χ0v) is 16.2. The Labute approximate surface area is 162 Å². The number of rotatable bonds is 5. The molecule has 0 aromatic heterocycles. The van der Waals surface area contributed by atoms with Crippen LogP contribution < -0.4 is 5.32 Å². The largest absolute Gasteiger partial charge is 0.450 e. The van der Waals surface area contributed by atoms with Crippen LogP contribution >= 0.6 is 0 Å². The average Bonchev–Trinajstić information content (AvgIpc) is 2.67. The molecule has 1 atom stereocenters. The van der Waals surface area contributed by atoms with Gasteiger partial charge in [-0.2, -0.15) is 0 Å². The number of nitrogens with one attached hydrogen (secondary N) is 1. The standard InChI is InChI=1S/C19H25F2N3O4/c1-4-28-19(27)22-16(12(2)3)18(26)24-9-7-23(8-10-24)17(25)13-5-6-14(20)15(21)11-13/h5-6,11-12,16H,4,7-10H2,1-3H3,(H,22,27). The highest BCUT2D eigenvalue weighted by Crippen LogP contribution is 2.14. The first kappa shape index (κ1) is 21.6. The van der Waals surface area contributed by atoms with E-state index in [2.05, 4.69) is 5.32 Å². The van der Waals surface area contributed by atoms with Gasteiger partial charge in [-0.05, 0) is 31.0 Å². The second-order valence-corrected chi connectivity index (χ2v) is 6.83. The Morgan fingerprint density at radius 1 is 1.07 bits per heavy atom. The topological polar surface area (TPSA) is 79.0 Å². The highest BCUT2D eigenvalue weighted by Gasteiger charge is 2.32. The number of ether oxygens (including phenoxy) is 1. The fourth-order valence-corrected chi connectivity index (χ4v) is 2.95. The van der Waals surface area contributed by atoms with Gasteiger partial charge >= 0.3 is 6.09 Å². The van der Waals surface area contributed by atoms with Crippen molar-refractivity contribution in [1.82, 2.24) is 15.1 Å². The van der Waals surface area contributed by atoms with E-state index in [0.29, 0.717) is 0 Å². The number of hydrogen-bond acceptors (Lipinski definition) is 4. The van der Waals surface area contributed by atoms with Crippen molar-refractivity contribution in [2.75, 3.05) is 32.8 Å². The Morgan fingerprint density at radius 3 is 2.21 bits per heavy atom. The molecule has 1 unspecified atom stereocenters. The Morgan fingerprint density at radius 2 is 1.68 bits per heavy atom. The number of carbonyl (C=O) groups excluding carboxylic acids is 3. The van der Waals surface area contributed by atoms with Crippen molar-refractivity contribution < 1.29 is 27.9 Å². The minimum Gasteiger partial charge on any atom is -0.450 e. The Balaban J connectivity index is 1.97.